The van der Waals surface area contributed by atoms with Crippen molar-refractivity contribution in [2.75, 3.05) is 24.6 Å². The number of nitrogens with two attached hydrogens (primary N) is 1. The van der Waals surface area contributed by atoms with Crippen molar-refractivity contribution in [1.82, 2.24) is 24.8 Å². The Morgan fingerprint density at radius 2 is 2.29 bits per heavy atom. The summed E-state index contributed by atoms with van der Waals surface area (Å²) in [5.41, 5.74) is 5.35. The minimum atomic E-state index is -0.378. The highest BCUT2D eigenvalue weighted by Crippen LogP contribution is 2.06. The standard InChI is InChI=1S/C11H15N7O3/c1-7-3-8(16-21-7)14-9(19)4-17(2)10(20)5-18-6-13-11(12)15-18/h3,6H,4-5H2,1-2H3,(H2,12,15)(H,14,16,19). The van der Waals surface area contributed by atoms with Gasteiger partial charge in [-0.1, -0.05) is 5.16 Å². The van der Waals surface area contributed by atoms with Crippen molar-refractivity contribution in [2.45, 2.75) is 13.5 Å². The molecule has 0 radical (unpaired) electrons. The van der Waals surface area contributed by atoms with Gasteiger partial charge in [-0.15, -0.1) is 5.10 Å². The number of aryl methyl sites for hydroxylation is 1. The summed E-state index contributed by atoms with van der Waals surface area (Å²) in [6, 6.07) is 1.58. The van der Waals surface area contributed by atoms with Crippen LogP contribution in [0.2, 0.25) is 0 Å². The van der Waals surface area contributed by atoms with E-state index in [0.29, 0.717) is 11.6 Å². The fourth-order valence-electron chi connectivity index (χ4n) is 1.56. The topological polar surface area (TPSA) is 132 Å². The number of carbonyl (C=O) groups excluding carboxylic acids is 2. The van der Waals surface area contributed by atoms with Gasteiger partial charge < -0.3 is 20.5 Å². The first-order valence-corrected chi connectivity index (χ1v) is 6.06. The summed E-state index contributed by atoms with van der Waals surface area (Å²) in [6.45, 7) is 1.55. The molecule has 0 saturated carbocycles. The summed E-state index contributed by atoms with van der Waals surface area (Å²) in [7, 11) is 1.51. The molecule has 2 aromatic rings. The molecule has 2 amide bonds. The average molecular weight is 293 g/mol. The summed E-state index contributed by atoms with van der Waals surface area (Å²) < 4.78 is 6.12. The van der Waals surface area contributed by atoms with E-state index < -0.39 is 0 Å². The zero-order chi connectivity index (χ0) is 15.4. The molecule has 21 heavy (non-hydrogen) atoms. The SMILES string of the molecule is Cc1cc(NC(=O)CN(C)C(=O)Cn2cnc(N)n2)no1. The molecular formula is C11H15N7O3. The number of hydrogen-bond donors (Lipinski definition) is 2. The van der Waals surface area contributed by atoms with Gasteiger partial charge in [0.25, 0.3) is 0 Å². The van der Waals surface area contributed by atoms with E-state index >= 15 is 0 Å². The van der Waals surface area contributed by atoms with Crippen molar-refractivity contribution in [2.24, 2.45) is 0 Å². The van der Waals surface area contributed by atoms with Crippen LogP contribution in [-0.4, -0.2) is 50.2 Å². The quantitative estimate of drug-likeness (QED) is 0.741. The molecule has 0 fully saturated rings. The Morgan fingerprint density at radius 3 is 2.86 bits per heavy atom. The third kappa shape index (κ3) is 4.03. The van der Waals surface area contributed by atoms with Crippen LogP contribution in [0.1, 0.15) is 5.76 Å². The maximum atomic E-state index is 11.9. The van der Waals surface area contributed by atoms with E-state index in [-0.39, 0.29) is 30.9 Å². The first-order chi connectivity index (χ1) is 9.94. The Balaban J connectivity index is 1.83. The molecule has 2 heterocycles. The number of nitrogen functional groups attached to an aromatic ring is 1. The van der Waals surface area contributed by atoms with Crippen LogP contribution in [0.25, 0.3) is 0 Å². The van der Waals surface area contributed by atoms with Crippen molar-refractivity contribution in [1.29, 1.82) is 0 Å². The fraction of sp³-hybridized carbons (Fsp3) is 0.364. The minimum absolute atomic E-state index is 0.0446. The maximum Gasteiger partial charge on any atom is 0.245 e. The third-order valence-electron chi connectivity index (χ3n) is 2.55. The summed E-state index contributed by atoms with van der Waals surface area (Å²) in [6.07, 6.45) is 1.35. The van der Waals surface area contributed by atoms with Crippen molar-refractivity contribution in [3.05, 3.63) is 18.2 Å². The van der Waals surface area contributed by atoms with Gasteiger partial charge in [0.15, 0.2) is 5.82 Å². The van der Waals surface area contributed by atoms with E-state index in [4.69, 9.17) is 10.3 Å². The Morgan fingerprint density at radius 1 is 1.52 bits per heavy atom. The van der Waals surface area contributed by atoms with Crippen molar-refractivity contribution < 1.29 is 14.1 Å². The van der Waals surface area contributed by atoms with Crippen LogP contribution >= 0.6 is 0 Å². The third-order valence-corrected chi connectivity index (χ3v) is 2.55. The predicted molar refractivity (Wildman–Crippen MR) is 71.9 cm³/mol. The molecule has 0 saturated heterocycles. The molecule has 0 aliphatic rings. The Labute approximate surface area is 119 Å². The van der Waals surface area contributed by atoms with Gasteiger partial charge in [0.05, 0.1) is 6.54 Å². The molecule has 0 aromatic carbocycles. The maximum absolute atomic E-state index is 11.9. The van der Waals surface area contributed by atoms with E-state index in [9.17, 15) is 9.59 Å². The average Bonchev–Trinajstić information content (AvgIpc) is 2.98. The van der Waals surface area contributed by atoms with Crippen LogP contribution in [-0.2, 0) is 16.1 Å². The highest BCUT2D eigenvalue weighted by atomic mass is 16.5. The van der Waals surface area contributed by atoms with Gasteiger partial charge in [0, 0.05) is 13.1 Å². The van der Waals surface area contributed by atoms with Gasteiger partial charge in [-0.25, -0.2) is 9.67 Å². The van der Waals surface area contributed by atoms with Crippen LogP contribution in [0.5, 0.6) is 0 Å². The number of likely N-dealkylation sites (N-methyl/N-ethyl adjacent to an activating group) is 1. The van der Waals surface area contributed by atoms with Crippen molar-refractivity contribution >= 4 is 23.6 Å². The first kappa shape index (κ1) is 14.5. The monoisotopic (exact) mass is 293 g/mol. The second-order valence-electron chi connectivity index (χ2n) is 4.42. The van der Waals surface area contributed by atoms with E-state index in [1.807, 2.05) is 0 Å². The van der Waals surface area contributed by atoms with E-state index in [2.05, 4.69) is 20.6 Å². The van der Waals surface area contributed by atoms with Crippen molar-refractivity contribution in [3.63, 3.8) is 0 Å². The van der Waals surface area contributed by atoms with Crippen LogP contribution < -0.4 is 11.1 Å². The summed E-state index contributed by atoms with van der Waals surface area (Å²) >= 11 is 0. The molecular weight excluding hydrogens is 278 g/mol. The Hall–Kier alpha value is -2.91. The normalized spacial score (nSPS) is 10.4. The summed E-state index contributed by atoms with van der Waals surface area (Å²) in [4.78, 5) is 28.6. The molecule has 0 spiro atoms. The Bertz CT molecular complexity index is 648. The molecule has 0 atom stereocenters. The number of carbonyl (C=O) groups is 2. The molecule has 10 nitrogen and oxygen atoms in total. The molecule has 2 aromatic heterocycles. The number of amides is 2. The number of hydrogen-bond acceptors (Lipinski definition) is 7. The fourth-order valence-corrected chi connectivity index (χ4v) is 1.56. The number of rotatable bonds is 5. The predicted octanol–water partition coefficient (Wildman–Crippen LogP) is -0.746. The van der Waals surface area contributed by atoms with E-state index in [0.717, 1.165) is 0 Å². The Kier molecular flexibility index (Phi) is 4.16. The molecule has 2 rings (SSSR count). The van der Waals surface area contributed by atoms with Crippen LogP contribution in [0.15, 0.2) is 16.9 Å². The molecule has 3 N–H and O–H groups in total. The molecule has 10 heteroatoms. The summed E-state index contributed by atoms with van der Waals surface area (Å²) in [5.74, 6) is 0.300. The molecule has 0 bridgehead atoms. The molecule has 0 aliphatic heterocycles. The zero-order valence-corrected chi connectivity index (χ0v) is 11.6. The lowest BCUT2D eigenvalue weighted by Gasteiger charge is -2.15. The van der Waals surface area contributed by atoms with Gasteiger partial charge in [-0.05, 0) is 6.92 Å². The molecule has 112 valence electrons. The first-order valence-electron chi connectivity index (χ1n) is 6.06. The van der Waals surface area contributed by atoms with Gasteiger partial charge >= 0.3 is 0 Å². The smallest absolute Gasteiger partial charge is 0.245 e. The van der Waals surface area contributed by atoms with Gasteiger partial charge in [0.2, 0.25) is 17.8 Å². The largest absolute Gasteiger partial charge is 0.367 e. The van der Waals surface area contributed by atoms with Gasteiger partial charge in [-0.2, -0.15) is 0 Å². The van der Waals surface area contributed by atoms with E-state index in [1.165, 1.54) is 23.0 Å². The lowest BCUT2D eigenvalue weighted by atomic mass is 10.4. The second kappa shape index (κ2) is 6.03. The van der Waals surface area contributed by atoms with Crippen LogP contribution in [0, 0.1) is 6.92 Å². The lowest BCUT2D eigenvalue weighted by molar-refractivity contribution is -0.134. The molecule has 0 aliphatic carbocycles. The second-order valence-corrected chi connectivity index (χ2v) is 4.42. The van der Waals surface area contributed by atoms with Gasteiger partial charge in [-0.3, -0.25) is 9.59 Å². The van der Waals surface area contributed by atoms with Crippen molar-refractivity contribution in [3.8, 4) is 0 Å². The highest BCUT2D eigenvalue weighted by molar-refractivity contribution is 5.93. The van der Waals surface area contributed by atoms with Crippen LogP contribution in [0.3, 0.4) is 0 Å². The number of nitrogens with one attached hydrogen (secondary N) is 1. The minimum Gasteiger partial charge on any atom is -0.367 e. The zero-order valence-electron chi connectivity index (χ0n) is 11.6. The number of nitrogens with zero attached hydrogens (tertiary/aromatic N) is 5. The van der Waals surface area contributed by atoms with Crippen LogP contribution in [0.4, 0.5) is 11.8 Å². The number of anilines is 2. The number of aromatic nitrogens is 4. The summed E-state index contributed by atoms with van der Waals surface area (Å²) in [5, 5.41) is 9.95. The van der Waals surface area contributed by atoms with E-state index in [1.54, 1.807) is 13.0 Å². The molecule has 0 unspecified atom stereocenters. The van der Waals surface area contributed by atoms with Gasteiger partial charge in [0.1, 0.15) is 18.6 Å². The highest BCUT2D eigenvalue weighted by Gasteiger charge is 2.15. The lowest BCUT2D eigenvalue weighted by Crippen LogP contribution is -2.37.